The number of aliphatic hydroxyl groups excluding tert-OH is 1. The van der Waals surface area contributed by atoms with Gasteiger partial charge in [0.15, 0.2) is 0 Å². The zero-order valence-corrected chi connectivity index (χ0v) is 12.1. The van der Waals surface area contributed by atoms with Crippen LogP contribution in [0.2, 0.25) is 0 Å². The van der Waals surface area contributed by atoms with Gasteiger partial charge in [-0.25, -0.2) is 14.4 Å². The number of carbonyl (C=O) groups is 3. The molecule has 7 heteroatoms. The van der Waals surface area contributed by atoms with Gasteiger partial charge in [-0.1, -0.05) is 19.2 Å². The van der Waals surface area contributed by atoms with Crippen molar-refractivity contribution >= 4 is 17.9 Å². The first-order chi connectivity index (χ1) is 9.63. The molecule has 0 aromatic heterocycles. The Bertz CT molecular complexity index is 446. The molecule has 3 N–H and O–H groups in total. The van der Waals surface area contributed by atoms with Crippen molar-refractivity contribution in [3.8, 4) is 0 Å². The lowest BCUT2D eigenvalue weighted by Gasteiger charge is -1.99. The van der Waals surface area contributed by atoms with E-state index >= 15 is 0 Å². The lowest BCUT2D eigenvalue weighted by atomic mass is 10.1. The SMILES string of the molecule is C=C(C)C(=O)OCCO.C=C(CC=C(C)C(=O)O)C(=O)O. The minimum absolute atomic E-state index is 0.0180. The van der Waals surface area contributed by atoms with Crippen LogP contribution in [-0.4, -0.2) is 46.4 Å². The van der Waals surface area contributed by atoms with E-state index in [0.717, 1.165) is 0 Å². The van der Waals surface area contributed by atoms with Crippen LogP contribution in [0.4, 0.5) is 0 Å². The minimum Gasteiger partial charge on any atom is -0.478 e. The maximum atomic E-state index is 10.5. The Balaban J connectivity index is 0. The molecule has 0 aromatic carbocycles. The topological polar surface area (TPSA) is 121 Å². The standard InChI is InChI=1S/C8H10O4.C6H10O3/c1-5(7(9)10)3-4-6(2)8(11)12;1-5(2)6(8)9-4-3-7/h4H,1,3H2,2H3,(H,9,10)(H,11,12);7H,1,3-4H2,2H3. The van der Waals surface area contributed by atoms with E-state index in [-0.39, 0.29) is 30.8 Å². The van der Waals surface area contributed by atoms with Crippen LogP contribution >= 0.6 is 0 Å². The number of ether oxygens (including phenoxy) is 1. The van der Waals surface area contributed by atoms with Crippen LogP contribution in [-0.2, 0) is 19.1 Å². The number of hydrogen-bond acceptors (Lipinski definition) is 5. The summed E-state index contributed by atoms with van der Waals surface area (Å²) in [7, 11) is 0. The zero-order chi connectivity index (χ0) is 17.0. The van der Waals surface area contributed by atoms with Gasteiger partial charge in [0.05, 0.1) is 6.61 Å². The lowest BCUT2D eigenvalue weighted by molar-refractivity contribution is -0.140. The van der Waals surface area contributed by atoms with Gasteiger partial charge in [-0.05, 0) is 20.3 Å². The molecule has 21 heavy (non-hydrogen) atoms. The summed E-state index contributed by atoms with van der Waals surface area (Å²) in [4.78, 5) is 30.9. The highest BCUT2D eigenvalue weighted by atomic mass is 16.5. The Labute approximate surface area is 122 Å². The Kier molecular flexibility index (Phi) is 11.4. The normalized spacial score (nSPS) is 9.95. The maximum absolute atomic E-state index is 10.5. The van der Waals surface area contributed by atoms with Crippen LogP contribution in [0.1, 0.15) is 20.3 Å². The molecule has 7 nitrogen and oxygen atoms in total. The van der Waals surface area contributed by atoms with Gasteiger partial charge >= 0.3 is 17.9 Å². The average Bonchev–Trinajstić information content (AvgIpc) is 2.41. The van der Waals surface area contributed by atoms with E-state index in [2.05, 4.69) is 17.9 Å². The molecule has 0 aromatic rings. The first-order valence-corrected chi connectivity index (χ1v) is 5.88. The van der Waals surface area contributed by atoms with Crippen molar-refractivity contribution < 1.29 is 34.4 Å². The lowest BCUT2D eigenvalue weighted by Crippen LogP contribution is -2.08. The number of carboxylic acid groups (broad SMARTS) is 2. The molecular formula is C14H20O7. The number of aliphatic carboxylic acids is 2. The number of carbonyl (C=O) groups excluding carboxylic acids is 1. The summed E-state index contributed by atoms with van der Waals surface area (Å²) in [6, 6.07) is 0. The molecule has 0 fully saturated rings. The number of allylic oxidation sites excluding steroid dienone is 1. The van der Waals surface area contributed by atoms with Gasteiger partial charge in [-0.2, -0.15) is 0 Å². The van der Waals surface area contributed by atoms with Crippen molar-refractivity contribution in [3.63, 3.8) is 0 Å². The summed E-state index contributed by atoms with van der Waals surface area (Å²) in [5.41, 5.74) is 0.455. The first kappa shape index (κ1) is 20.9. The van der Waals surface area contributed by atoms with E-state index in [1.54, 1.807) is 6.92 Å². The minimum atomic E-state index is -1.11. The summed E-state index contributed by atoms with van der Waals surface area (Å²) < 4.78 is 4.46. The Hall–Kier alpha value is -2.41. The molecule has 118 valence electrons. The van der Waals surface area contributed by atoms with Gasteiger partial charge in [-0.15, -0.1) is 0 Å². The third-order valence-electron chi connectivity index (χ3n) is 1.97. The van der Waals surface area contributed by atoms with Crippen molar-refractivity contribution in [2.24, 2.45) is 0 Å². The van der Waals surface area contributed by atoms with Crippen LogP contribution in [0.5, 0.6) is 0 Å². The zero-order valence-electron chi connectivity index (χ0n) is 12.1. The number of carboxylic acids is 2. The molecule has 0 aliphatic carbocycles. The summed E-state index contributed by atoms with van der Waals surface area (Å²) >= 11 is 0. The van der Waals surface area contributed by atoms with Gasteiger partial charge in [0, 0.05) is 16.7 Å². The molecule has 0 radical (unpaired) electrons. The number of esters is 1. The van der Waals surface area contributed by atoms with E-state index < -0.39 is 17.9 Å². The summed E-state index contributed by atoms with van der Waals surface area (Å²) in [5.74, 6) is -2.61. The highest BCUT2D eigenvalue weighted by Crippen LogP contribution is 2.03. The van der Waals surface area contributed by atoms with Crippen molar-refractivity contribution in [1.29, 1.82) is 0 Å². The van der Waals surface area contributed by atoms with Crippen LogP contribution in [0.3, 0.4) is 0 Å². The van der Waals surface area contributed by atoms with E-state index in [4.69, 9.17) is 15.3 Å². The van der Waals surface area contributed by atoms with Gasteiger partial charge < -0.3 is 20.1 Å². The predicted octanol–water partition coefficient (Wildman–Crippen LogP) is 1.15. The molecule has 0 aliphatic rings. The van der Waals surface area contributed by atoms with Gasteiger partial charge in [-0.3, -0.25) is 0 Å². The number of hydrogen-bond donors (Lipinski definition) is 3. The molecular weight excluding hydrogens is 280 g/mol. The summed E-state index contributed by atoms with van der Waals surface area (Å²) in [5, 5.41) is 24.9. The molecule has 0 bridgehead atoms. The molecule has 0 unspecified atom stereocenters. The smallest absolute Gasteiger partial charge is 0.333 e. The quantitative estimate of drug-likeness (QED) is 0.476. The third-order valence-corrected chi connectivity index (χ3v) is 1.97. The maximum Gasteiger partial charge on any atom is 0.333 e. The molecule has 0 rings (SSSR count). The fourth-order valence-electron chi connectivity index (χ4n) is 0.712. The second-order valence-corrected chi connectivity index (χ2v) is 3.94. The van der Waals surface area contributed by atoms with Crippen LogP contribution in [0.25, 0.3) is 0 Å². The molecule has 0 spiro atoms. The van der Waals surface area contributed by atoms with E-state index in [9.17, 15) is 14.4 Å². The Morgan fingerprint density at radius 2 is 1.62 bits per heavy atom. The molecule has 0 atom stereocenters. The molecule has 0 aliphatic heterocycles. The molecule has 0 amide bonds. The number of rotatable bonds is 7. The highest BCUT2D eigenvalue weighted by Gasteiger charge is 2.03. The van der Waals surface area contributed by atoms with Gasteiger partial charge in [0.25, 0.3) is 0 Å². The van der Waals surface area contributed by atoms with Crippen LogP contribution < -0.4 is 0 Å². The second-order valence-electron chi connectivity index (χ2n) is 3.94. The average molecular weight is 300 g/mol. The molecule has 0 saturated carbocycles. The Morgan fingerprint density at radius 1 is 1.10 bits per heavy atom. The van der Waals surface area contributed by atoms with Gasteiger partial charge in [0.2, 0.25) is 0 Å². The monoisotopic (exact) mass is 300 g/mol. The van der Waals surface area contributed by atoms with E-state index in [1.165, 1.54) is 13.0 Å². The second kappa shape index (κ2) is 11.4. The van der Waals surface area contributed by atoms with E-state index in [0.29, 0.717) is 5.57 Å². The van der Waals surface area contributed by atoms with Crippen molar-refractivity contribution in [3.05, 3.63) is 36.0 Å². The highest BCUT2D eigenvalue weighted by molar-refractivity contribution is 5.88. The van der Waals surface area contributed by atoms with Crippen molar-refractivity contribution in [1.82, 2.24) is 0 Å². The van der Waals surface area contributed by atoms with Crippen molar-refractivity contribution in [2.45, 2.75) is 20.3 Å². The number of aliphatic hydroxyl groups is 1. The first-order valence-electron chi connectivity index (χ1n) is 5.88. The molecule has 0 saturated heterocycles. The van der Waals surface area contributed by atoms with Crippen LogP contribution in [0.15, 0.2) is 36.0 Å². The van der Waals surface area contributed by atoms with Crippen LogP contribution in [0, 0.1) is 0 Å². The third kappa shape index (κ3) is 12.4. The van der Waals surface area contributed by atoms with E-state index in [1.807, 2.05) is 0 Å². The largest absolute Gasteiger partial charge is 0.478 e. The Morgan fingerprint density at radius 3 is 1.95 bits per heavy atom. The van der Waals surface area contributed by atoms with Crippen molar-refractivity contribution in [2.75, 3.05) is 13.2 Å². The fraction of sp³-hybridized carbons (Fsp3) is 0.357. The summed E-state index contributed by atoms with van der Waals surface area (Å²) in [6.07, 6.45) is 1.38. The van der Waals surface area contributed by atoms with Gasteiger partial charge in [0.1, 0.15) is 6.61 Å². The summed E-state index contributed by atoms with van der Waals surface area (Å²) in [6.45, 7) is 9.46. The predicted molar refractivity (Wildman–Crippen MR) is 75.6 cm³/mol. The fourth-order valence-corrected chi connectivity index (χ4v) is 0.712. The molecule has 0 heterocycles.